The molecular weight excluding hydrogens is 400 g/mol. The minimum atomic E-state index is -0.240. The fraction of sp³-hybridized carbons (Fsp3) is 0.294. The summed E-state index contributed by atoms with van der Waals surface area (Å²) in [4.78, 5) is 0. The molecule has 112 valence electrons. The smallest absolute Gasteiger partial charge is 0.127 e. The summed E-state index contributed by atoms with van der Waals surface area (Å²) in [6, 6.07) is 13.4. The number of hydrogen-bond acceptors (Lipinski definition) is 1. The van der Waals surface area contributed by atoms with E-state index in [1.165, 1.54) is 15.2 Å². The van der Waals surface area contributed by atoms with Gasteiger partial charge in [-0.15, -0.1) is 0 Å². The summed E-state index contributed by atoms with van der Waals surface area (Å²) in [5.41, 5.74) is 1.87. The van der Waals surface area contributed by atoms with Gasteiger partial charge in [0.25, 0.3) is 0 Å². The number of hydrogen-bond donors (Lipinski definition) is 1. The third-order valence-corrected chi connectivity index (χ3v) is 4.31. The highest BCUT2D eigenvalue weighted by atomic mass is 127. The van der Waals surface area contributed by atoms with Gasteiger partial charge < -0.3 is 5.32 Å². The Morgan fingerprint density at radius 1 is 1.19 bits per heavy atom. The van der Waals surface area contributed by atoms with Crippen molar-refractivity contribution in [1.82, 2.24) is 5.32 Å². The van der Waals surface area contributed by atoms with Crippen LogP contribution in [-0.2, 0) is 6.42 Å². The van der Waals surface area contributed by atoms with E-state index < -0.39 is 0 Å². The Hall–Kier alpha value is -0.650. The summed E-state index contributed by atoms with van der Waals surface area (Å²) in [7, 11) is 0. The van der Waals surface area contributed by atoms with Crippen LogP contribution < -0.4 is 5.32 Å². The molecule has 1 nitrogen and oxygen atoms in total. The highest BCUT2D eigenvalue weighted by molar-refractivity contribution is 14.1. The fourth-order valence-corrected chi connectivity index (χ4v) is 2.75. The maximum Gasteiger partial charge on any atom is 0.127 e. The summed E-state index contributed by atoms with van der Waals surface area (Å²) in [5.74, 6) is -0.240. The van der Waals surface area contributed by atoms with Crippen molar-refractivity contribution in [2.45, 2.75) is 25.8 Å². The second-order valence-corrected chi connectivity index (χ2v) is 6.68. The van der Waals surface area contributed by atoms with Crippen molar-refractivity contribution >= 4 is 34.2 Å². The molecule has 2 aromatic carbocycles. The van der Waals surface area contributed by atoms with E-state index in [0.29, 0.717) is 17.0 Å². The highest BCUT2D eigenvalue weighted by Gasteiger charge is 2.14. The molecule has 2 aromatic rings. The van der Waals surface area contributed by atoms with E-state index in [0.717, 1.165) is 13.0 Å². The van der Waals surface area contributed by atoms with Gasteiger partial charge in [-0.3, -0.25) is 0 Å². The van der Waals surface area contributed by atoms with E-state index in [9.17, 15) is 4.39 Å². The zero-order valence-corrected chi connectivity index (χ0v) is 14.8. The van der Waals surface area contributed by atoms with Gasteiger partial charge in [0, 0.05) is 14.6 Å². The van der Waals surface area contributed by atoms with Crippen molar-refractivity contribution < 1.29 is 4.39 Å². The molecule has 0 radical (unpaired) electrons. The predicted molar refractivity (Wildman–Crippen MR) is 95.3 cm³/mol. The topological polar surface area (TPSA) is 12.0 Å². The number of benzene rings is 2. The van der Waals surface area contributed by atoms with Crippen molar-refractivity contribution in [2.75, 3.05) is 6.54 Å². The molecule has 0 amide bonds. The average molecular weight is 418 g/mol. The SMILES string of the molecule is CCCNC(Cc1ccc(Cl)cc1F)c1ccc(I)cc1. The monoisotopic (exact) mass is 417 g/mol. The molecule has 1 atom stereocenters. The van der Waals surface area contributed by atoms with Gasteiger partial charge in [0.15, 0.2) is 0 Å². The first kappa shape index (κ1) is 16.7. The van der Waals surface area contributed by atoms with Gasteiger partial charge in [-0.05, 0) is 77.4 Å². The Labute approximate surface area is 144 Å². The van der Waals surface area contributed by atoms with Crippen LogP contribution in [0.4, 0.5) is 4.39 Å². The molecule has 2 rings (SSSR count). The lowest BCUT2D eigenvalue weighted by Crippen LogP contribution is -2.24. The van der Waals surface area contributed by atoms with Crippen LogP contribution in [0, 0.1) is 9.39 Å². The molecule has 0 saturated carbocycles. The first-order valence-electron chi connectivity index (χ1n) is 7.03. The average Bonchev–Trinajstić information content (AvgIpc) is 2.46. The molecule has 0 heterocycles. The van der Waals surface area contributed by atoms with Gasteiger partial charge in [0.05, 0.1) is 0 Å². The van der Waals surface area contributed by atoms with Crippen molar-refractivity contribution in [2.24, 2.45) is 0 Å². The van der Waals surface area contributed by atoms with Gasteiger partial charge in [-0.2, -0.15) is 0 Å². The zero-order chi connectivity index (χ0) is 15.2. The maximum atomic E-state index is 14.0. The number of rotatable bonds is 6. The quantitative estimate of drug-likeness (QED) is 0.623. The third kappa shape index (κ3) is 4.94. The first-order chi connectivity index (χ1) is 10.1. The molecule has 0 aliphatic carbocycles. The first-order valence-corrected chi connectivity index (χ1v) is 8.48. The lowest BCUT2D eigenvalue weighted by Gasteiger charge is -2.20. The van der Waals surface area contributed by atoms with Crippen LogP contribution in [0.15, 0.2) is 42.5 Å². The second-order valence-electron chi connectivity index (χ2n) is 5.00. The minimum absolute atomic E-state index is 0.109. The van der Waals surface area contributed by atoms with Gasteiger partial charge in [0.2, 0.25) is 0 Å². The Morgan fingerprint density at radius 2 is 1.90 bits per heavy atom. The Morgan fingerprint density at radius 3 is 2.52 bits per heavy atom. The molecule has 4 heteroatoms. The zero-order valence-electron chi connectivity index (χ0n) is 11.9. The van der Waals surface area contributed by atoms with Gasteiger partial charge in [-0.25, -0.2) is 4.39 Å². The Kier molecular flexibility index (Phi) is 6.45. The molecule has 0 aromatic heterocycles. The van der Waals surface area contributed by atoms with Crippen LogP contribution in [0.2, 0.25) is 5.02 Å². The van der Waals surface area contributed by atoms with E-state index in [4.69, 9.17) is 11.6 Å². The Balaban J connectivity index is 2.21. The largest absolute Gasteiger partial charge is 0.310 e. The normalized spacial score (nSPS) is 12.4. The van der Waals surface area contributed by atoms with Crippen molar-refractivity contribution in [3.63, 3.8) is 0 Å². The second kappa shape index (κ2) is 8.11. The summed E-state index contributed by atoms with van der Waals surface area (Å²) in [5, 5.41) is 3.93. The number of nitrogens with one attached hydrogen (secondary N) is 1. The molecule has 0 spiro atoms. The van der Waals surface area contributed by atoms with Crippen molar-refractivity contribution in [3.8, 4) is 0 Å². The van der Waals surface area contributed by atoms with Gasteiger partial charge in [0.1, 0.15) is 5.82 Å². The van der Waals surface area contributed by atoms with E-state index in [1.54, 1.807) is 12.1 Å². The molecule has 1 N–H and O–H groups in total. The number of halogens is 3. The van der Waals surface area contributed by atoms with Crippen molar-refractivity contribution in [1.29, 1.82) is 0 Å². The maximum absolute atomic E-state index is 14.0. The molecule has 0 aliphatic rings. The minimum Gasteiger partial charge on any atom is -0.310 e. The summed E-state index contributed by atoms with van der Waals surface area (Å²) in [6.45, 7) is 3.03. The lowest BCUT2D eigenvalue weighted by molar-refractivity contribution is 0.513. The summed E-state index contributed by atoms with van der Waals surface area (Å²) in [6.07, 6.45) is 1.66. The van der Waals surface area contributed by atoms with E-state index in [2.05, 4.69) is 59.1 Å². The lowest BCUT2D eigenvalue weighted by atomic mass is 9.98. The standard InChI is InChI=1S/C17H18ClFIN/c1-2-9-21-17(12-4-7-15(20)8-5-12)10-13-3-6-14(18)11-16(13)19/h3-8,11,17,21H,2,9-10H2,1H3. The van der Waals surface area contributed by atoms with E-state index in [1.807, 2.05) is 0 Å². The molecule has 0 bridgehead atoms. The van der Waals surface area contributed by atoms with Crippen LogP contribution in [0.25, 0.3) is 0 Å². The van der Waals surface area contributed by atoms with E-state index >= 15 is 0 Å². The fourth-order valence-electron chi connectivity index (χ4n) is 2.23. The van der Waals surface area contributed by atoms with Gasteiger partial charge >= 0.3 is 0 Å². The molecule has 1 unspecified atom stereocenters. The highest BCUT2D eigenvalue weighted by Crippen LogP contribution is 2.23. The molecule has 0 saturated heterocycles. The predicted octanol–water partition coefficient (Wildman–Crippen LogP) is 5.37. The van der Waals surface area contributed by atoms with Crippen molar-refractivity contribution in [3.05, 3.63) is 68.0 Å². The van der Waals surface area contributed by atoms with E-state index in [-0.39, 0.29) is 11.9 Å². The van der Waals surface area contributed by atoms with Crippen LogP contribution >= 0.6 is 34.2 Å². The molecular formula is C17H18ClFIN. The molecule has 0 fully saturated rings. The third-order valence-electron chi connectivity index (χ3n) is 3.35. The van der Waals surface area contributed by atoms with Crippen LogP contribution in [0.3, 0.4) is 0 Å². The van der Waals surface area contributed by atoms with Gasteiger partial charge in [-0.1, -0.05) is 36.7 Å². The van der Waals surface area contributed by atoms with Crippen LogP contribution in [-0.4, -0.2) is 6.54 Å². The summed E-state index contributed by atoms with van der Waals surface area (Å²) < 4.78 is 15.2. The van der Waals surface area contributed by atoms with Crippen LogP contribution in [0.1, 0.15) is 30.5 Å². The molecule has 21 heavy (non-hydrogen) atoms. The molecule has 0 aliphatic heterocycles. The Bertz CT molecular complexity index is 586. The summed E-state index contributed by atoms with van der Waals surface area (Å²) >= 11 is 8.10. The van der Waals surface area contributed by atoms with Crippen LogP contribution in [0.5, 0.6) is 0 Å².